The van der Waals surface area contributed by atoms with Gasteiger partial charge in [0, 0.05) is 7.14 Å². The second kappa shape index (κ2) is 7.43. The van der Waals surface area contributed by atoms with Gasteiger partial charge in [0.25, 0.3) is 0 Å². The Bertz CT molecular complexity index is 728. The maximum atomic E-state index is 11.9. The predicted molar refractivity (Wildman–Crippen MR) is 118 cm³/mol. The molecule has 0 saturated heterocycles. The highest BCUT2D eigenvalue weighted by Gasteiger charge is 2.36. The Kier molecular flexibility index (Phi) is 5.68. The monoisotopic (exact) mass is 545 g/mol. The van der Waals surface area contributed by atoms with Crippen molar-refractivity contribution in [3.8, 4) is 0 Å². The van der Waals surface area contributed by atoms with E-state index in [1.54, 1.807) is 0 Å². The molecule has 3 rings (SSSR count). The van der Waals surface area contributed by atoms with Crippen LogP contribution in [0.3, 0.4) is 0 Å². The van der Waals surface area contributed by atoms with E-state index >= 15 is 0 Å². The number of aliphatic hydroxyl groups is 1. The van der Waals surface area contributed by atoms with Gasteiger partial charge in [-0.05, 0) is 125 Å². The van der Waals surface area contributed by atoms with Crippen LogP contribution in [0, 0.1) is 7.14 Å². The van der Waals surface area contributed by atoms with E-state index in [1.165, 1.54) is 0 Å². The van der Waals surface area contributed by atoms with Gasteiger partial charge >= 0.3 is 0 Å². The Labute approximate surface area is 171 Å². The SMILES string of the molecule is CN(C)CCCC1(O)c2cc(I)ccc2C=Cc2ccc(I)cc21. The number of nitrogens with zero attached hydrogens (tertiary/aromatic N) is 1. The van der Waals surface area contributed by atoms with E-state index in [0.29, 0.717) is 6.42 Å². The van der Waals surface area contributed by atoms with Crippen molar-refractivity contribution in [2.45, 2.75) is 18.4 Å². The molecule has 1 N–H and O–H groups in total. The van der Waals surface area contributed by atoms with Crippen LogP contribution in [0.25, 0.3) is 12.2 Å². The predicted octanol–water partition coefficient (Wildman–Crippen LogP) is 4.96. The molecule has 0 saturated carbocycles. The molecule has 0 radical (unpaired) electrons. The molecule has 0 amide bonds. The Hall–Kier alpha value is -0.440. The van der Waals surface area contributed by atoms with E-state index in [1.807, 2.05) is 0 Å². The molecule has 2 nitrogen and oxygen atoms in total. The fourth-order valence-electron chi connectivity index (χ4n) is 3.31. The lowest BCUT2D eigenvalue weighted by molar-refractivity contribution is 0.0662. The Morgan fingerprint density at radius 3 is 1.88 bits per heavy atom. The molecule has 0 atom stereocenters. The zero-order valence-corrected chi connectivity index (χ0v) is 18.2. The van der Waals surface area contributed by atoms with Crippen LogP contribution in [-0.2, 0) is 5.60 Å². The van der Waals surface area contributed by atoms with E-state index in [2.05, 4.69) is 113 Å². The van der Waals surface area contributed by atoms with Gasteiger partial charge in [0.1, 0.15) is 5.60 Å². The van der Waals surface area contributed by atoms with Crippen LogP contribution < -0.4 is 0 Å². The first-order valence-electron chi connectivity index (χ1n) is 8.05. The van der Waals surface area contributed by atoms with Crippen molar-refractivity contribution < 1.29 is 5.11 Å². The maximum absolute atomic E-state index is 11.9. The molecule has 0 bridgehead atoms. The molecule has 1 aliphatic rings. The quantitative estimate of drug-likeness (QED) is 0.550. The molecular weight excluding hydrogens is 524 g/mol. The van der Waals surface area contributed by atoms with E-state index in [-0.39, 0.29) is 0 Å². The van der Waals surface area contributed by atoms with Gasteiger partial charge in [-0.25, -0.2) is 0 Å². The average Bonchev–Trinajstić information content (AvgIpc) is 2.64. The van der Waals surface area contributed by atoms with E-state index in [9.17, 15) is 5.11 Å². The third-order valence-corrected chi connectivity index (χ3v) is 5.85. The third kappa shape index (κ3) is 3.71. The Morgan fingerprint density at radius 1 is 0.917 bits per heavy atom. The molecule has 1 aliphatic carbocycles. The molecule has 0 fully saturated rings. The first kappa shape index (κ1) is 18.4. The first-order valence-corrected chi connectivity index (χ1v) is 10.2. The number of rotatable bonds is 4. The minimum Gasteiger partial charge on any atom is -0.380 e. The highest BCUT2D eigenvalue weighted by Crippen LogP contribution is 2.42. The van der Waals surface area contributed by atoms with Crippen LogP contribution in [-0.4, -0.2) is 30.6 Å². The van der Waals surface area contributed by atoms with Gasteiger partial charge in [0.2, 0.25) is 0 Å². The van der Waals surface area contributed by atoms with E-state index in [0.717, 1.165) is 42.4 Å². The van der Waals surface area contributed by atoms with Gasteiger partial charge in [-0.1, -0.05) is 24.3 Å². The number of hydrogen-bond acceptors (Lipinski definition) is 2. The zero-order valence-electron chi connectivity index (χ0n) is 13.9. The summed E-state index contributed by atoms with van der Waals surface area (Å²) in [6, 6.07) is 12.7. The fourth-order valence-corrected chi connectivity index (χ4v) is 4.29. The van der Waals surface area contributed by atoms with Gasteiger partial charge in [-0.3, -0.25) is 0 Å². The molecule has 0 aromatic heterocycles. The molecule has 2 aromatic rings. The van der Waals surface area contributed by atoms with Crippen LogP contribution in [0.4, 0.5) is 0 Å². The maximum Gasteiger partial charge on any atom is 0.116 e. The van der Waals surface area contributed by atoms with Crippen LogP contribution in [0.15, 0.2) is 36.4 Å². The molecule has 126 valence electrons. The number of fused-ring (bicyclic) bond motifs is 2. The molecule has 24 heavy (non-hydrogen) atoms. The smallest absolute Gasteiger partial charge is 0.116 e. The van der Waals surface area contributed by atoms with Crippen molar-refractivity contribution in [1.29, 1.82) is 0 Å². The summed E-state index contributed by atoms with van der Waals surface area (Å²) in [5.41, 5.74) is 3.30. The molecule has 0 spiro atoms. The van der Waals surface area contributed by atoms with Gasteiger partial charge in [-0.2, -0.15) is 0 Å². The lowest BCUT2D eigenvalue weighted by Gasteiger charge is -2.32. The Morgan fingerprint density at radius 2 is 1.42 bits per heavy atom. The van der Waals surface area contributed by atoms with Crippen molar-refractivity contribution in [2.75, 3.05) is 20.6 Å². The van der Waals surface area contributed by atoms with Gasteiger partial charge in [0.15, 0.2) is 0 Å². The molecule has 4 heteroatoms. The van der Waals surface area contributed by atoms with Crippen LogP contribution in [0.2, 0.25) is 0 Å². The highest BCUT2D eigenvalue weighted by atomic mass is 127. The number of hydrogen-bond donors (Lipinski definition) is 1. The van der Waals surface area contributed by atoms with Gasteiger partial charge < -0.3 is 10.0 Å². The van der Waals surface area contributed by atoms with E-state index in [4.69, 9.17) is 0 Å². The molecule has 2 aromatic carbocycles. The second-order valence-electron chi connectivity index (χ2n) is 6.56. The van der Waals surface area contributed by atoms with Crippen molar-refractivity contribution >= 4 is 57.3 Å². The number of halogens is 2. The summed E-state index contributed by atoms with van der Waals surface area (Å²) in [4.78, 5) is 2.17. The summed E-state index contributed by atoms with van der Waals surface area (Å²) < 4.78 is 2.31. The Balaban J connectivity index is 2.15. The second-order valence-corrected chi connectivity index (χ2v) is 9.05. The van der Waals surface area contributed by atoms with Crippen LogP contribution >= 0.6 is 45.2 Å². The highest BCUT2D eigenvalue weighted by molar-refractivity contribution is 14.1. The van der Waals surface area contributed by atoms with Crippen molar-refractivity contribution in [2.24, 2.45) is 0 Å². The number of benzene rings is 2. The summed E-state index contributed by atoms with van der Waals surface area (Å²) in [5, 5.41) is 11.9. The minimum absolute atomic E-state index is 0.715. The molecule has 0 unspecified atom stereocenters. The first-order chi connectivity index (χ1) is 11.4. The average molecular weight is 545 g/mol. The third-order valence-electron chi connectivity index (χ3n) is 4.51. The van der Waals surface area contributed by atoms with Gasteiger partial charge in [-0.15, -0.1) is 0 Å². The van der Waals surface area contributed by atoms with Crippen LogP contribution in [0.1, 0.15) is 35.1 Å². The minimum atomic E-state index is -0.952. The zero-order chi connectivity index (χ0) is 17.3. The lowest BCUT2D eigenvalue weighted by Crippen LogP contribution is -2.30. The van der Waals surface area contributed by atoms with E-state index < -0.39 is 5.60 Å². The topological polar surface area (TPSA) is 23.5 Å². The largest absolute Gasteiger partial charge is 0.380 e. The summed E-state index contributed by atoms with van der Waals surface area (Å²) in [6.07, 6.45) is 5.91. The van der Waals surface area contributed by atoms with Crippen molar-refractivity contribution in [1.82, 2.24) is 4.90 Å². The van der Waals surface area contributed by atoms with Crippen molar-refractivity contribution in [3.63, 3.8) is 0 Å². The summed E-state index contributed by atoms with van der Waals surface area (Å²) in [6.45, 7) is 0.967. The molecular formula is C20H21I2NO. The van der Waals surface area contributed by atoms with Gasteiger partial charge in [0.05, 0.1) is 0 Å². The lowest BCUT2D eigenvalue weighted by atomic mass is 9.80. The normalized spacial score (nSPS) is 15.1. The fraction of sp³-hybridized carbons (Fsp3) is 0.300. The molecule has 0 aliphatic heterocycles. The summed E-state index contributed by atoms with van der Waals surface area (Å²) in [5.74, 6) is 0. The molecule has 0 heterocycles. The van der Waals surface area contributed by atoms with Crippen LogP contribution in [0.5, 0.6) is 0 Å². The summed E-state index contributed by atoms with van der Waals surface area (Å²) >= 11 is 4.65. The standard InChI is InChI=1S/C20H21I2NO/c1-23(2)11-3-10-20(24)18-12-16(21)8-6-14(18)4-5-15-7-9-17(22)13-19(15)20/h4-9,12-13,24H,3,10-11H2,1-2H3. The summed E-state index contributed by atoms with van der Waals surface area (Å²) in [7, 11) is 4.15. The van der Waals surface area contributed by atoms with Crippen molar-refractivity contribution in [3.05, 3.63) is 65.8 Å².